The van der Waals surface area contributed by atoms with Crippen LogP contribution in [-0.2, 0) is 21.2 Å². The molecule has 1 atom stereocenters. The number of morpholine rings is 1. The molecule has 0 bridgehead atoms. The van der Waals surface area contributed by atoms with Crippen LogP contribution in [0.5, 0.6) is 0 Å². The molecule has 2 aliphatic heterocycles. The lowest BCUT2D eigenvalue weighted by molar-refractivity contribution is -0.384. The second kappa shape index (κ2) is 8.02. The van der Waals surface area contributed by atoms with Crippen LogP contribution in [0.2, 0.25) is 0 Å². The minimum atomic E-state index is -3.79. The van der Waals surface area contributed by atoms with E-state index in [1.807, 2.05) is 4.90 Å². The van der Waals surface area contributed by atoms with Crippen molar-refractivity contribution in [2.45, 2.75) is 30.7 Å². The quantitative estimate of drug-likeness (QED) is 0.527. The number of benzene rings is 1. The number of nitro groups is 1. The molecule has 0 radical (unpaired) electrons. The molecular weight excluding hydrogens is 414 g/mol. The van der Waals surface area contributed by atoms with Crippen molar-refractivity contribution in [3.8, 4) is 0 Å². The summed E-state index contributed by atoms with van der Waals surface area (Å²) in [5.41, 5.74) is 1.51. The summed E-state index contributed by atoms with van der Waals surface area (Å²) in [4.78, 5) is 14.7. The summed E-state index contributed by atoms with van der Waals surface area (Å²) in [6, 6.07) is 6.42. The smallest absolute Gasteiger partial charge is 0.293 e. The molecule has 0 saturated carbocycles. The number of sulfonamides is 1. The zero-order chi connectivity index (χ0) is 20.6. The molecule has 2 aromatic rings. The fourth-order valence-electron chi connectivity index (χ4n) is 4.11. The molecule has 0 amide bonds. The van der Waals surface area contributed by atoms with Crippen molar-refractivity contribution in [1.82, 2.24) is 4.31 Å². The Morgan fingerprint density at radius 2 is 2.00 bits per heavy atom. The molecule has 3 heterocycles. The lowest BCUT2D eigenvalue weighted by Gasteiger charge is -2.37. The van der Waals surface area contributed by atoms with Gasteiger partial charge in [0.05, 0.1) is 29.1 Å². The van der Waals surface area contributed by atoms with Gasteiger partial charge in [-0.3, -0.25) is 10.1 Å². The van der Waals surface area contributed by atoms with Gasteiger partial charge in [0.25, 0.3) is 5.69 Å². The van der Waals surface area contributed by atoms with Gasteiger partial charge in [-0.1, -0.05) is 6.92 Å². The van der Waals surface area contributed by atoms with Crippen molar-refractivity contribution in [1.29, 1.82) is 0 Å². The van der Waals surface area contributed by atoms with Crippen molar-refractivity contribution < 1.29 is 18.1 Å². The summed E-state index contributed by atoms with van der Waals surface area (Å²) in [6.45, 7) is 3.89. The first-order chi connectivity index (χ1) is 13.9. The first-order valence-corrected chi connectivity index (χ1v) is 11.9. The number of nitro benzene ring substituents is 1. The first-order valence-electron chi connectivity index (χ1n) is 9.62. The molecule has 10 heteroatoms. The lowest BCUT2D eigenvalue weighted by Crippen LogP contribution is -2.40. The van der Waals surface area contributed by atoms with E-state index in [9.17, 15) is 18.5 Å². The second-order valence-corrected chi connectivity index (χ2v) is 10.0. The fraction of sp³-hybridized carbons (Fsp3) is 0.474. The second-order valence-electron chi connectivity index (χ2n) is 7.09. The standard InChI is InChI=1S/C19H23N3O5S2/c1-2-16-15-6-12-28-19(15)5-7-21(16)17-4-3-14(13-18(17)22(23)24)29(25,26)20-8-10-27-11-9-20/h3-4,6,12-13,16H,2,5,7-11H2,1H3. The minimum Gasteiger partial charge on any atom is -0.379 e. The summed E-state index contributed by atoms with van der Waals surface area (Å²) >= 11 is 1.72. The van der Waals surface area contributed by atoms with Crippen LogP contribution in [-0.4, -0.2) is 50.5 Å². The van der Waals surface area contributed by atoms with E-state index in [0.29, 0.717) is 25.4 Å². The third-order valence-corrected chi connectivity index (χ3v) is 8.43. The molecule has 0 N–H and O–H groups in total. The zero-order valence-electron chi connectivity index (χ0n) is 16.1. The number of thiophene rings is 1. The molecule has 1 aromatic heterocycles. The van der Waals surface area contributed by atoms with Crippen LogP contribution in [0.25, 0.3) is 0 Å². The van der Waals surface area contributed by atoms with E-state index < -0.39 is 14.9 Å². The van der Waals surface area contributed by atoms with Gasteiger partial charge in [-0.05, 0) is 42.0 Å². The third-order valence-electron chi connectivity index (χ3n) is 5.54. The highest BCUT2D eigenvalue weighted by atomic mass is 32.2. The minimum absolute atomic E-state index is 0.0452. The molecular formula is C19H23N3O5S2. The van der Waals surface area contributed by atoms with Crippen LogP contribution in [0.15, 0.2) is 34.5 Å². The number of ether oxygens (including phenoxy) is 1. The average Bonchev–Trinajstić information content (AvgIpc) is 3.22. The van der Waals surface area contributed by atoms with Crippen LogP contribution >= 0.6 is 11.3 Å². The Hall–Kier alpha value is -2.01. The van der Waals surface area contributed by atoms with E-state index in [-0.39, 0.29) is 29.7 Å². The van der Waals surface area contributed by atoms with Gasteiger partial charge in [0.15, 0.2) is 0 Å². The number of rotatable bonds is 5. The first kappa shape index (κ1) is 20.3. The Bertz CT molecular complexity index is 1010. The van der Waals surface area contributed by atoms with Gasteiger partial charge >= 0.3 is 0 Å². The van der Waals surface area contributed by atoms with Crippen LogP contribution < -0.4 is 4.90 Å². The summed E-state index contributed by atoms with van der Waals surface area (Å²) in [7, 11) is -3.79. The van der Waals surface area contributed by atoms with Crippen LogP contribution in [0, 0.1) is 10.1 Å². The molecule has 1 unspecified atom stereocenters. The largest absolute Gasteiger partial charge is 0.379 e. The van der Waals surface area contributed by atoms with E-state index in [4.69, 9.17) is 4.74 Å². The molecule has 8 nitrogen and oxygen atoms in total. The predicted molar refractivity (Wildman–Crippen MR) is 111 cm³/mol. The zero-order valence-corrected chi connectivity index (χ0v) is 17.7. The highest BCUT2D eigenvalue weighted by Gasteiger charge is 2.33. The normalized spacial score (nSPS) is 20.4. The molecule has 1 aromatic carbocycles. The average molecular weight is 438 g/mol. The summed E-state index contributed by atoms with van der Waals surface area (Å²) in [6.07, 6.45) is 1.64. The number of anilines is 1. The summed E-state index contributed by atoms with van der Waals surface area (Å²) in [5, 5.41) is 13.9. The Morgan fingerprint density at radius 1 is 1.24 bits per heavy atom. The molecule has 4 rings (SSSR count). The van der Waals surface area contributed by atoms with Gasteiger partial charge in [-0.25, -0.2) is 8.42 Å². The van der Waals surface area contributed by atoms with E-state index in [1.165, 1.54) is 26.9 Å². The molecule has 29 heavy (non-hydrogen) atoms. The van der Waals surface area contributed by atoms with Crippen LogP contribution in [0.1, 0.15) is 29.8 Å². The van der Waals surface area contributed by atoms with Crippen molar-refractivity contribution in [2.24, 2.45) is 0 Å². The van der Waals surface area contributed by atoms with Gasteiger partial charge in [0.1, 0.15) is 5.69 Å². The van der Waals surface area contributed by atoms with E-state index in [0.717, 1.165) is 12.8 Å². The van der Waals surface area contributed by atoms with Crippen molar-refractivity contribution in [3.05, 3.63) is 50.2 Å². The van der Waals surface area contributed by atoms with Gasteiger partial charge in [0.2, 0.25) is 10.0 Å². The van der Waals surface area contributed by atoms with Crippen LogP contribution in [0.4, 0.5) is 11.4 Å². The van der Waals surface area contributed by atoms with Crippen LogP contribution in [0.3, 0.4) is 0 Å². The van der Waals surface area contributed by atoms with E-state index in [2.05, 4.69) is 18.4 Å². The predicted octanol–water partition coefficient (Wildman–Crippen LogP) is 3.19. The van der Waals surface area contributed by atoms with Gasteiger partial charge in [-0.2, -0.15) is 4.31 Å². The third kappa shape index (κ3) is 3.65. The summed E-state index contributed by atoms with van der Waals surface area (Å²) < 4.78 is 32.4. The maximum absolute atomic E-state index is 12.9. The maximum atomic E-state index is 12.9. The van der Waals surface area contributed by atoms with E-state index in [1.54, 1.807) is 17.4 Å². The maximum Gasteiger partial charge on any atom is 0.293 e. The van der Waals surface area contributed by atoms with E-state index >= 15 is 0 Å². The monoisotopic (exact) mass is 437 g/mol. The summed E-state index contributed by atoms with van der Waals surface area (Å²) in [5.74, 6) is 0. The number of hydrogen-bond donors (Lipinski definition) is 0. The SMILES string of the molecule is CCC1c2ccsc2CCN1c1ccc(S(=O)(=O)N2CCOCC2)cc1[N+](=O)[O-]. The molecule has 0 spiro atoms. The molecule has 0 aliphatic carbocycles. The highest BCUT2D eigenvalue weighted by Crippen LogP contribution is 2.42. The Balaban J connectivity index is 1.73. The molecule has 1 saturated heterocycles. The Morgan fingerprint density at radius 3 is 2.69 bits per heavy atom. The molecule has 2 aliphatic rings. The topological polar surface area (TPSA) is 93.0 Å². The number of hydrogen-bond acceptors (Lipinski definition) is 7. The van der Waals surface area contributed by atoms with Gasteiger partial charge in [0, 0.05) is 30.6 Å². The van der Waals surface area contributed by atoms with Gasteiger partial charge in [-0.15, -0.1) is 11.3 Å². The van der Waals surface area contributed by atoms with Gasteiger partial charge < -0.3 is 9.64 Å². The molecule has 1 fully saturated rings. The number of nitrogens with zero attached hydrogens (tertiary/aromatic N) is 3. The number of fused-ring (bicyclic) bond motifs is 1. The van der Waals surface area contributed by atoms with Crippen molar-refractivity contribution in [3.63, 3.8) is 0 Å². The Labute approximate surface area is 173 Å². The van der Waals surface area contributed by atoms with Crippen molar-refractivity contribution >= 4 is 32.7 Å². The fourth-order valence-corrected chi connectivity index (χ4v) is 6.47. The van der Waals surface area contributed by atoms with Crippen molar-refractivity contribution in [2.75, 3.05) is 37.7 Å². The Kier molecular flexibility index (Phi) is 5.60. The molecule has 156 valence electrons. The lowest BCUT2D eigenvalue weighted by atomic mass is 9.97. The highest BCUT2D eigenvalue weighted by molar-refractivity contribution is 7.89.